The lowest BCUT2D eigenvalue weighted by molar-refractivity contribution is -0.143. The Morgan fingerprint density at radius 1 is 0.720 bits per heavy atom. The molecule has 4 N–H and O–H groups in total. The van der Waals surface area contributed by atoms with Crippen LogP contribution in [0, 0.1) is 0 Å². The standard InChI is InChI=1S/C15H25N3O7/c1-10(2)11(3)16-12(19)6-17(7-13(20)21)4-5-18(8-14(22)23)9-15(24)25/h4-9H2,1-3H3,(H,16,19)(H,20,21)(H,22,23)(H,24,25). The van der Waals surface area contributed by atoms with Gasteiger partial charge in [-0.2, -0.15) is 0 Å². The number of carbonyl (C=O) groups excluding carboxylic acids is 1. The summed E-state index contributed by atoms with van der Waals surface area (Å²) >= 11 is 0. The second kappa shape index (κ2) is 11.2. The maximum atomic E-state index is 12.0. The van der Waals surface area contributed by atoms with Crippen molar-refractivity contribution in [2.75, 3.05) is 39.3 Å². The SMILES string of the molecule is CC(C)=C(C)NC(=O)CN(CCN(CC(=O)O)CC(=O)O)CC(=O)O. The summed E-state index contributed by atoms with van der Waals surface area (Å²) in [4.78, 5) is 46.9. The summed E-state index contributed by atoms with van der Waals surface area (Å²) < 4.78 is 0. The van der Waals surface area contributed by atoms with Gasteiger partial charge in [-0.15, -0.1) is 0 Å². The summed E-state index contributed by atoms with van der Waals surface area (Å²) in [5, 5.41) is 29.2. The highest BCUT2D eigenvalue weighted by molar-refractivity contribution is 5.80. The lowest BCUT2D eigenvalue weighted by atomic mass is 10.3. The van der Waals surface area contributed by atoms with E-state index in [2.05, 4.69) is 5.32 Å². The Hall–Kier alpha value is -2.46. The number of carboxylic acid groups (broad SMARTS) is 3. The molecule has 0 unspecified atom stereocenters. The summed E-state index contributed by atoms with van der Waals surface area (Å²) in [5.74, 6) is -3.93. The van der Waals surface area contributed by atoms with Crippen LogP contribution >= 0.6 is 0 Å². The third-order valence-corrected chi connectivity index (χ3v) is 3.25. The highest BCUT2D eigenvalue weighted by Gasteiger charge is 2.18. The minimum Gasteiger partial charge on any atom is -0.480 e. The van der Waals surface area contributed by atoms with E-state index in [4.69, 9.17) is 15.3 Å². The molecular weight excluding hydrogens is 334 g/mol. The molecule has 0 aromatic rings. The number of hydrogen-bond acceptors (Lipinski definition) is 6. The van der Waals surface area contributed by atoms with Crippen molar-refractivity contribution in [1.82, 2.24) is 15.1 Å². The fraction of sp³-hybridized carbons (Fsp3) is 0.600. The monoisotopic (exact) mass is 359 g/mol. The average molecular weight is 359 g/mol. The van der Waals surface area contributed by atoms with E-state index in [1.54, 1.807) is 6.92 Å². The van der Waals surface area contributed by atoms with Crippen LogP contribution in [0.2, 0.25) is 0 Å². The number of nitrogens with zero attached hydrogens (tertiary/aromatic N) is 2. The molecule has 0 fully saturated rings. The zero-order valence-corrected chi connectivity index (χ0v) is 14.6. The van der Waals surface area contributed by atoms with Gasteiger partial charge in [-0.25, -0.2) is 0 Å². The van der Waals surface area contributed by atoms with Gasteiger partial charge in [0.25, 0.3) is 0 Å². The van der Waals surface area contributed by atoms with Crippen molar-refractivity contribution in [3.05, 3.63) is 11.3 Å². The maximum Gasteiger partial charge on any atom is 0.317 e. The van der Waals surface area contributed by atoms with E-state index in [1.165, 1.54) is 4.90 Å². The lowest BCUT2D eigenvalue weighted by Gasteiger charge is -2.24. The molecule has 0 saturated heterocycles. The second-order valence-corrected chi connectivity index (χ2v) is 5.78. The van der Waals surface area contributed by atoms with Gasteiger partial charge >= 0.3 is 17.9 Å². The van der Waals surface area contributed by atoms with Gasteiger partial charge < -0.3 is 20.6 Å². The summed E-state index contributed by atoms with van der Waals surface area (Å²) in [6, 6.07) is 0. The van der Waals surface area contributed by atoms with Crippen LogP contribution in [0.15, 0.2) is 11.3 Å². The van der Waals surface area contributed by atoms with E-state index < -0.39 is 43.4 Å². The summed E-state index contributed by atoms with van der Waals surface area (Å²) in [7, 11) is 0. The van der Waals surface area contributed by atoms with E-state index in [-0.39, 0.29) is 19.6 Å². The first-order chi connectivity index (χ1) is 11.5. The van der Waals surface area contributed by atoms with E-state index in [0.717, 1.165) is 10.5 Å². The van der Waals surface area contributed by atoms with Crippen molar-refractivity contribution in [2.24, 2.45) is 0 Å². The minimum absolute atomic E-state index is 0.000781. The number of carboxylic acids is 3. The smallest absolute Gasteiger partial charge is 0.317 e. The third-order valence-electron chi connectivity index (χ3n) is 3.25. The molecule has 1 amide bonds. The number of rotatable bonds is 12. The first-order valence-electron chi connectivity index (χ1n) is 7.55. The van der Waals surface area contributed by atoms with Crippen LogP contribution in [0.5, 0.6) is 0 Å². The highest BCUT2D eigenvalue weighted by Crippen LogP contribution is 1.99. The molecule has 0 aromatic carbocycles. The van der Waals surface area contributed by atoms with E-state index >= 15 is 0 Å². The molecule has 0 spiro atoms. The van der Waals surface area contributed by atoms with Crippen molar-refractivity contribution in [1.29, 1.82) is 0 Å². The molecule has 10 nitrogen and oxygen atoms in total. The first kappa shape index (κ1) is 22.5. The van der Waals surface area contributed by atoms with E-state index in [0.29, 0.717) is 5.70 Å². The Balaban J connectivity index is 4.82. The van der Waals surface area contributed by atoms with Gasteiger partial charge in [0.2, 0.25) is 5.91 Å². The lowest BCUT2D eigenvalue weighted by Crippen LogP contribution is -2.45. The van der Waals surface area contributed by atoms with Crippen LogP contribution in [-0.4, -0.2) is 88.2 Å². The highest BCUT2D eigenvalue weighted by atomic mass is 16.4. The Morgan fingerprint density at radius 3 is 1.40 bits per heavy atom. The Kier molecular flexibility index (Phi) is 10.1. The summed E-state index contributed by atoms with van der Waals surface area (Å²) in [5.41, 5.74) is 1.57. The van der Waals surface area contributed by atoms with Crippen molar-refractivity contribution in [3.8, 4) is 0 Å². The van der Waals surface area contributed by atoms with Crippen LogP contribution < -0.4 is 5.32 Å². The van der Waals surface area contributed by atoms with Gasteiger partial charge in [-0.3, -0.25) is 29.0 Å². The molecule has 0 aromatic heterocycles. The Labute approximate surface area is 145 Å². The molecule has 0 atom stereocenters. The number of hydrogen-bond donors (Lipinski definition) is 4. The van der Waals surface area contributed by atoms with Crippen molar-refractivity contribution in [2.45, 2.75) is 20.8 Å². The molecule has 0 aliphatic carbocycles. The first-order valence-corrected chi connectivity index (χ1v) is 7.55. The number of nitrogens with one attached hydrogen (secondary N) is 1. The third kappa shape index (κ3) is 11.7. The average Bonchev–Trinajstić information content (AvgIpc) is 2.42. The Morgan fingerprint density at radius 2 is 1.08 bits per heavy atom. The minimum atomic E-state index is -1.19. The summed E-state index contributed by atoms with van der Waals surface area (Å²) in [6.07, 6.45) is 0. The van der Waals surface area contributed by atoms with Crippen LogP contribution in [-0.2, 0) is 19.2 Å². The van der Waals surface area contributed by atoms with Gasteiger partial charge in [0.15, 0.2) is 0 Å². The molecule has 0 radical (unpaired) electrons. The molecule has 10 heteroatoms. The van der Waals surface area contributed by atoms with Gasteiger partial charge in [0.1, 0.15) is 0 Å². The van der Waals surface area contributed by atoms with Crippen LogP contribution in [0.25, 0.3) is 0 Å². The van der Waals surface area contributed by atoms with E-state index in [9.17, 15) is 19.2 Å². The quantitative estimate of drug-likeness (QED) is 0.354. The molecule has 25 heavy (non-hydrogen) atoms. The zero-order chi connectivity index (χ0) is 19.6. The van der Waals surface area contributed by atoms with Crippen LogP contribution in [0.4, 0.5) is 0 Å². The molecule has 0 aliphatic heterocycles. The number of amides is 1. The fourth-order valence-corrected chi connectivity index (χ4v) is 1.86. The number of aliphatic carboxylic acids is 3. The normalized spacial score (nSPS) is 10.6. The molecule has 0 aliphatic rings. The largest absolute Gasteiger partial charge is 0.480 e. The summed E-state index contributed by atoms with van der Waals surface area (Å²) in [6.45, 7) is 3.79. The second-order valence-electron chi connectivity index (χ2n) is 5.78. The predicted octanol–water partition coefficient (Wildman–Crippen LogP) is -0.726. The van der Waals surface area contributed by atoms with Crippen molar-refractivity contribution < 1.29 is 34.5 Å². The number of carbonyl (C=O) groups is 4. The van der Waals surface area contributed by atoms with Crippen molar-refractivity contribution >= 4 is 23.8 Å². The van der Waals surface area contributed by atoms with Crippen molar-refractivity contribution in [3.63, 3.8) is 0 Å². The maximum absolute atomic E-state index is 12.0. The molecule has 142 valence electrons. The zero-order valence-electron chi connectivity index (χ0n) is 14.6. The topological polar surface area (TPSA) is 147 Å². The van der Waals surface area contributed by atoms with E-state index in [1.807, 2.05) is 13.8 Å². The van der Waals surface area contributed by atoms with Gasteiger partial charge in [-0.1, -0.05) is 5.57 Å². The molecule has 0 saturated carbocycles. The van der Waals surface area contributed by atoms with Crippen LogP contribution in [0.1, 0.15) is 20.8 Å². The molecule has 0 heterocycles. The van der Waals surface area contributed by atoms with Gasteiger partial charge in [-0.05, 0) is 20.8 Å². The number of allylic oxidation sites excluding steroid dienone is 2. The van der Waals surface area contributed by atoms with Crippen LogP contribution in [0.3, 0.4) is 0 Å². The fourth-order valence-electron chi connectivity index (χ4n) is 1.86. The van der Waals surface area contributed by atoms with Gasteiger partial charge in [0, 0.05) is 18.8 Å². The van der Waals surface area contributed by atoms with Gasteiger partial charge in [0.05, 0.1) is 26.2 Å². The Bertz CT molecular complexity index is 525. The molecule has 0 bridgehead atoms. The predicted molar refractivity (Wildman–Crippen MR) is 88.0 cm³/mol. The molecular formula is C15H25N3O7. The molecule has 0 rings (SSSR count).